The number of amides is 1. The highest BCUT2D eigenvalue weighted by Gasteiger charge is 2.30. The number of carbonyl (C=O) groups is 1. The van der Waals surface area contributed by atoms with Gasteiger partial charge in [0, 0.05) is 31.7 Å². The zero-order chi connectivity index (χ0) is 14.8. The van der Waals surface area contributed by atoms with Gasteiger partial charge in [-0.3, -0.25) is 4.90 Å². The lowest BCUT2D eigenvalue weighted by molar-refractivity contribution is 0.0125. The van der Waals surface area contributed by atoms with Crippen LogP contribution < -0.4 is 5.73 Å². The summed E-state index contributed by atoms with van der Waals surface area (Å²) >= 11 is 0. The third kappa shape index (κ3) is 4.35. The summed E-state index contributed by atoms with van der Waals surface area (Å²) in [6.07, 6.45) is 4.24. The highest BCUT2D eigenvalue weighted by Crippen LogP contribution is 2.21. The molecule has 2 heterocycles. The van der Waals surface area contributed by atoms with Gasteiger partial charge in [-0.15, -0.1) is 0 Å². The van der Waals surface area contributed by atoms with Crippen LogP contribution in [0.2, 0.25) is 0 Å². The largest absolute Gasteiger partial charge is 0.444 e. The topological polar surface area (TPSA) is 58.8 Å². The Kier molecular flexibility index (Phi) is 4.91. The molecule has 5 nitrogen and oxygen atoms in total. The van der Waals surface area contributed by atoms with Crippen molar-refractivity contribution in [3.8, 4) is 0 Å². The van der Waals surface area contributed by atoms with Crippen LogP contribution in [0.5, 0.6) is 0 Å². The first-order valence-electron chi connectivity index (χ1n) is 7.83. The van der Waals surface area contributed by atoms with Crippen LogP contribution in [0, 0.1) is 0 Å². The summed E-state index contributed by atoms with van der Waals surface area (Å²) in [5.74, 6) is 0. The van der Waals surface area contributed by atoms with Gasteiger partial charge in [0.15, 0.2) is 0 Å². The second-order valence-corrected chi connectivity index (χ2v) is 7.10. The maximum absolute atomic E-state index is 12.0. The van der Waals surface area contributed by atoms with E-state index < -0.39 is 5.60 Å². The van der Waals surface area contributed by atoms with Gasteiger partial charge < -0.3 is 15.4 Å². The third-order valence-corrected chi connectivity index (χ3v) is 4.12. The number of nitrogens with two attached hydrogens (primary N) is 1. The monoisotopic (exact) mass is 283 g/mol. The van der Waals surface area contributed by atoms with Gasteiger partial charge in [-0.2, -0.15) is 0 Å². The number of rotatable bonds is 1. The van der Waals surface area contributed by atoms with Gasteiger partial charge in [0.25, 0.3) is 0 Å². The van der Waals surface area contributed by atoms with Crippen molar-refractivity contribution in [3.63, 3.8) is 0 Å². The molecule has 116 valence electrons. The highest BCUT2D eigenvalue weighted by atomic mass is 16.6. The Balaban J connectivity index is 1.78. The number of hydrogen-bond donors (Lipinski definition) is 1. The average molecular weight is 283 g/mol. The molecule has 2 saturated heterocycles. The summed E-state index contributed by atoms with van der Waals surface area (Å²) in [7, 11) is 0. The summed E-state index contributed by atoms with van der Waals surface area (Å²) in [6, 6.07) is 0.910. The lowest BCUT2D eigenvalue weighted by Gasteiger charge is -2.41. The maximum atomic E-state index is 12.0. The van der Waals surface area contributed by atoms with Gasteiger partial charge in [0.05, 0.1) is 0 Å². The molecule has 0 aromatic rings. The molecule has 2 N–H and O–H groups in total. The van der Waals surface area contributed by atoms with Gasteiger partial charge in [0.1, 0.15) is 5.60 Å². The SMILES string of the molecule is CC(C)(C)OC(=O)N1CCC(N2CCCC(N)C2)CC1. The van der Waals surface area contributed by atoms with E-state index in [2.05, 4.69) is 4.90 Å². The van der Waals surface area contributed by atoms with E-state index in [1.54, 1.807) is 0 Å². The lowest BCUT2D eigenvalue weighted by atomic mass is 9.98. The summed E-state index contributed by atoms with van der Waals surface area (Å²) in [6.45, 7) is 9.49. The molecule has 2 rings (SSSR count). The first kappa shape index (κ1) is 15.6. The molecule has 2 aliphatic heterocycles. The molecule has 0 spiro atoms. The number of hydrogen-bond acceptors (Lipinski definition) is 4. The Hall–Kier alpha value is -0.810. The molecule has 0 saturated carbocycles. The fraction of sp³-hybridized carbons (Fsp3) is 0.933. The highest BCUT2D eigenvalue weighted by molar-refractivity contribution is 5.68. The van der Waals surface area contributed by atoms with Gasteiger partial charge >= 0.3 is 6.09 Å². The summed E-state index contributed by atoms with van der Waals surface area (Å²) in [5, 5.41) is 0. The second kappa shape index (κ2) is 6.31. The minimum Gasteiger partial charge on any atom is -0.444 e. The first-order chi connectivity index (χ1) is 9.35. The van der Waals surface area contributed by atoms with Crippen LogP contribution in [0.4, 0.5) is 4.79 Å². The van der Waals surface area contributed by atoms with Crippen molar-refractivity contribution in [3.05, 3.63) is 0 Å². The summed E-state index contributed by atoms with van der Waals surface area (Å²) < 4.78 is 5.43. The summed E-state index contributed by atoms with van der Waals surface area (Å²) in [5.41, 5.74) is 5.64. The van der Waals surface area contributed by atoms with Crippen molar-refractivity contribution in [1.29, 1.82) is 0 Å². The molecule has 20 heavy (non-hydrogen) atoms. The predicted octanol–water partition coefficient (Wildman–Crippen LogP) is 1.81. The molecule has 0 radical (unpaired) electrons. The lowest BCUT2D eigenvalue weighted by Crippen LogP contribution is -2.52. The molecule has 2 fully saturated rings. The van der Waals surface area contributed by atoms with E-state index in [1.165, 1.54) is 6.42 Å². The molecule has 5 heteroatoms. The second-order valence-electron chi connectivity index (χ2n) is 7.10. The maximum Gasteiger partial charge on any atom is 0.410 e. The van der Waals surface area contributed by atoms with E-state index in [1.807, 2.05) is 25.7 Å². The smallest absolute Gasteiger partial charge is 0.410 e. The van der Waals surface area contributed by atoms with E-state index in [9.17, 15) is 4.79 Å². The van der Waals surface area contributed by atoms with E-state index in [0.717, 1.165) is 45.4 Å². The van der Waals surface area contributed by atoms with Crippen LogP contribution in [-0.4, -0.2) is 59.8 Å². The van der Waals surface area contributed by atoms with E-state index >= 15 is 0 Å². The molecule has 0 aromatic heterocycles. The van der Waals surface area contributed by atoms with Gasteiger partial charge in [-0.1, -0.05) is 0 Å². The van der Waals surface area contributed by atoms with Gasteiger partial charge in [-0.05, 0) is 53.0 Å². The molecule has 0 aromatic carbocycles. The number of ether oxygens (including phenoxy) is 1. The zero-order valence-electron chi connectivity index (χ0n) is 13.1. The quantitative estimate of drug-likeness (QED) is 0.797. The van der Waals surface area contributed by atoms with Crippen molar-refractivity contribution in [1.82, 2.24) is 9.80 Å². The van der Waals surface area contributed by atoms with E-state index in [0.29, 0.717) is 12.1 Å². The van der Waals surface area contributed by atoms with Crippen molar-refractivity contribution < 1.29 is 9.53 Å². The third-order valence-electron chi connectivity index (χ3n) is 4.12. The Bertz CT molecular complexity index is 333. The molecular formula is C15H29N3O2. The van der Waals surface area contributed by atoms with Crippen molar-refractivity contribution in [2.45, 2.75) is 64.1 Å². The molecular weight excluding hydrogens is 254 g/mol. The Morgan fingerprint density at radius 3 is 2.35 bits per heavy atom. The van der Waals surface area contributed by atoms with Crippen LogP contribution in [0.25, 0.3) is 0 Å². The van der Waals surface area contributed by atoms with Crippen molar-refractivity contribution >= 4 is 6.09 Å². The van der Waals surface area contributed by atoms with Crippen LogP contribution in [0.1, 0.15) is 46.5 Å². The fourth-order valence-electron chi connectivity index (χ4n) is 3.11. The van der Waals surface area contributed by atoms with Crippen molar-refractivity contribution in [2.75, 3.05) is 26.2 Å². The summed E-state index contributed by atoms with van der Waals surface area (Å²) in [4.78, 5) is 16.4. The van der Waals surface area contributed by atoms with Gasteiger partial charge in [-0.25, -0.2) is 4.79 Å². The predicted molar refractivity (Wildman–Crippen MR) is 79.6 cm³/mol. The number of piperidine rings is 2. The Morgan fingerprint density at radius 1 is 1.15 bits per heavy atom. The average Bonchev–Trinajstić information content (AvgIpc) is 2.37. The fourth-order valence-corrected chi connectivity index (χ4v) is 3.11. The Morgan fingerprint density at radius 2 is 1.80 bits per heavy atom. The van der Waals surface area contributed by atoms with Gasteiger partial charge in [0.2, 0.25) is 0 Å². The van der Waals surface area contributed by atoms with Crippen LogP contribution >= 0.6 is 0 Å². The molecule has 1 amide bonds. The van der Waals surface area contributed by atoms with Crippen LogP contribution in [-0.2, 0) is 4.74 Å². The molecule has 0 bridgehead atoms. The number of nitrogens with zero attached hydrogens (tertiary/aromatic N) is 2. The van der Waals surface area contributed by atoms with E-state index in [4.69, 9.17) is 10.5 Å². The Labute approximate surface area is 122 Å². The minimum absolute atomic E-state index is 0.175. The van der Waals surface area contributed by atoms with Crippen LogP contribution in [0.15, 0.2) is 0 Å². The normalized spacial score (nSPS) is 26.6. The molecule has 1 unspecified atom stereocenters. The zero-order valence-corrected chi connectivity index (χ0v) is 13.1. The minimum atomic E-state index is -0.409. The number of carbonyl (C=O) groups excluding carboxylic acids is 1. The first-order valence-corrected chi connectivity index (χ1v) is 7.83. The van der Waals surface area contributed by atoms with Crippen LogP contribution in [0.3, 0.4) is 0 Å². The number of likely N-dealkylation sites (tertiary alicyclic amines) is 2. The molecule has 1 atom stereocenters. The van der Waals surface area contributed by atoms with E-state index in [-0.39, 0.29) is 6.09 Å². The molecule has 2 aliphatic rings. The standard InChI is InChI=1S/C15H29N3O2/c1-15(2,3)20-14(19)17-9-6-13(7-10-17)18-8-4-5-12(16)11-18/h12-13H,4-11,16H2,1-3H3. The van der Waals surface area contributed by atoms with Crippen molar-refractivity contribution in [2.24, 2.45) is 5.73 Å². The molecule has 0 aliphatic carbocycles.